The van der Waals surface area contributed by atoms with Crippen LogP contribution in [0.4, 0.5) is 5.69 Å². The second-order valence-electron chi connectivity index (χ2n) is 19.2. The molecule has 0 amide bonds. The topological polar surface area (TPSA) is 51.1 Å². The Morgan fingerprint density at radius 1 is 0.413 bits per heavy atom. The zero-order valence-electron chi connectivity index (χ0n) is 39.8. The molecule has 0 saturated carbocycles. The fraction of sp³-hybridized carbons (Fsp3) is 0. The van der Waals surface area contributed by atoms with Crippen molar-refractivity contribution in [3.8, 4) is 50.8 Å². The van der Waals surface area contributed by atoms with Gasteiger partial charge in [0.25, 0.3) is 0 Å². The van der Waals surface area contributed by atoms with Gasteiger partial charge in [-0.05, 0) is 52.6 Å². The summed E-state index contributed by atoms with van der Waals surface area (Å²) >= 11 is 3.54. The molecule has 11 aromatic carbocycles. The number of thiophene rings is 2. The van der Waals surface area contributed by atoms with Gasteiger partial charge in [-0.3, -0.25) is 0 Å². The van der Waals surface area contributed by atoms with Gasteiger partial charge in [-0.15, -0.1) is 22.7 Å². The monoisotopic (exact) mass is 988 g/mol. The number of nitriles is 1. The fourth-order valence-electron chi connectivity index (χ4n) is 12.2. The van der Waals surface area contributed by atoms with E-state index < -0.39 is 0 Å². The highest BCUT2D eigenvalue weighted by molar-refractivity contribution is 7.27. The molecule has 5 aromatic heterocycles. The van der Waals surface area contributed by atoms with Crippen LogP contribution in [0, 0.1) is 17.9 Å². The maximum Gasteiger partial charge on any atom is 0.221 e. The molecule has 0 N–H and O–H groups in total. The zero-order valence-corrected chi connectivity index (χ0v) is 41.4. The van der Waals surface area contributed by atoms with Crippen LogP contribution in [0.5, 0.6) is 0 Å². The normalized spacial score (nSPS) is 12.0. The van der Waals surface area contributed by atoms with E-state index in [0.717, 1.165) is 125 Å². The predicted molar refractivity (Wildman–Crippen MR) is 315 cm³/mol. The van der Waals surface area contributed by atoms with E-state index in [-0.39, 0.29) is 0 Å². The second kappa shape index (κ2) is 15.9. The Balaban J connectivity index is 1.19. The molecule has 0 atom stereocenters. The smallest absolute Gasteiger partial charge is 0.221 e. The van der Waals surface area contributed by atoms with E-state index in [1.807, 2.05) is 54.6 Å². The first-order valence-electron chi connectivity index (χ1n) is 24.9. The minimum atomic E-state index is 0.383. The number of fused-ring (bicyclic) bond motifs is 18. The quantitative estimate of drug-likeness (QED) is 0.161. The molecule has 0 bridgehead atoms. The summed E-state index contributed by atoms with van der Waals surface area (Å²) < 4.78 is 16.3. The number of furan rings is 1. The van der Waals surface area contributed by atoms with Crippen molar-refractivity contribution in [2.45, 2.75) is 0 Å². The number of benzene rings is 11. The number of hydrogen-bond donors (Lipinski definition) is 0. The van der Waals surface area contributed by atoms with Crippen LogP contribution >= 0.6 is 22.7 Å². The van der Waals surface area contributed by atoms with Gasteiger partial charge in [-0.25, -0.2) is 4.85 Å². The lowest BCUT2D eigenvalue weighted by Gasteiger charge is -2.26. The summed E-state index contributed by atoms with van der Waals surface area (Å²) in [5.74, 6) is 0. The van der Waals surface area contributed by atoms with E-state index >= 15 is 0 Å². The highest BCUT2D eigenvalue weighted by Crippen LogP contribution is 2.55. The van der Waals surface area contributed by atoms with Gasteiger partial charge < -0.3 is 13.6 Å². The molecule has 0 aliphatic rings. The largest absolute Gasteiger partial charge is 0.454 e. The van der Waals surface area contributed by atoms with Gasteiger partial charge in [0, 0.05) is 74.4 Å². The second-order valence-corrected chi connectivity index (χ2v) is 21.3. The summed E-state index contributed by atoms with van der Waals surface area (Å²) in [6, 6.07) is 79.5. The van der Waals surface area contributed by atoms with Gasteiger partial charge in [0.05, 0.1) is 55.0 Å². The lowest BCUT2D eigenvalue weighted by molar-refractivity contribution is 0.671. The van der Waals surface area contributed by atoms with E-state index in [1.165, 1.54) is 20.2 Å². The first-order valence-corrected chi connectivity index (χ1v) is 26.6. The number of aromatic nitrogens is 2. The molecule has 346 valence electrons. The standard InChI is InChI=1S/C68H36N4OS2/c1-70-60-59(41-21-9-4-10-22-41)65(71-54-37-42(39-17-5-2-6-18-39)29-30-43(54)47-31-34-50-44-23-11-14-26-55(44)73-66(50)62(47)71)58(40-19-7-3-8-20-40)53(38-69)61(60)72-63-48(32-35-51-45-24-12-15-27-56(45)74-67(51)63)49-33-36-52-46-25-13-16-28-57(46)75-68(52)64(49)72/h2-37H. The fourth-order valence-corrected chi connectivity index (χ4v) is 14.7. The van der Waals surface area contributed by atoms with Crippen LogP contribution in [0.2, 0.25) is 0 Å². The molecular formula is C68H36N4OS2. The third kappa shape index (κ3) is 5.79. The number of hydrogen-bond acceptors (Lipinski definition) is 4. The van der Waals surface area contributed by atoms with Gasteiger partial charge in [0.2, 0.25) is 5.69 Å². The molecule has 5 nitrogen and oxygen atoms in total. The zero-order chi connectivity index (χ0) is 49.5. The average Bonchev–Trinajstić information content (AvgIpc) is 4.29. The van der Waals surface area contributed by atoms with Crippen LogP contribution in [0.3, 0.4) is 0 Å². The van der Waals surface area contributed by atoms with Gasteiger partial charge in [-0.1, -0.05) is 188 Å². The highest BCUT2D eigenvalue weighted by atomic mass is 32.1. The first kappa shape index (κ1) is 41.8. The first-order chi connectivity index (χ1) is 37.2. The molecule has 75 heavy (non-hydrogen) atoms. The molecule has 7 heteroatoms. The SMILES string of the molecule is [C-]#[N+]c1c(-c2ccccc2)c(-n2c3cc(-c4ccccc4)ccc3c3ccc4c5ccccc5oc4c32)c(-c2ccccc2)c(C#N)c1-n1c2c(ccc3c4ccccc4sc32)c2ccc3c4ccccc4sc3c21. The third-order valence-corrected chi connectivity index (χ3v) is 17.8. The Kier molecular flexibility index (Phi) is 8.85. The molecule has 0 aliphatic carbocycles. The Morgan fingerprint density at radius 3 is 1.51 bits per heavy atom. The highest BCUT2D eigenvalue weighted by Gasteiger charge is 2.34. The maximum atomic E-state index is 12.5. The number of rotatable bonds is 5. The number of nitrogens with zero attached hydrogens (tertiary/aromatic N) is 4. The third-order valence-electron chi connectivity index (χ3n) is 15.4. The molecule has 0 saturated heterocycles. The number of para-hydroxylation sites is 1. The van der Waals surface area contributed by atoms with E-state index in [4.69, 9.17) is 9.26 Å². The molecule has 0 spiro atoms. The summed E-state index contributed by atoms with van der Waals surface area (Å²) in [6.07, 6.45) is 0. The van der Waals surface area contributed by atoms with E-state index in [9.17, 15) is 11.8 Å². The van der Waals surface area contributed by atoms with Gasteiger partial charge in [0.1, 0.15) is 11.7 Å². The van der Waals surface area contributed by atoms with Crippen molar-refractivity contribution in [2.24, 2.45) is 0 Å². The molecule has 0 fully saturated rings. The van der Waals surface area contributed by atoms with Crippen LogP contribution in [-0.4, -0.2) is 9.13 Å². The van der Waals surface area contributed by atoms with Crippen LogP contribution in [0.15, 0.2) is 223 Å². The minimum Gasteiger partial charge on any atom is -0.454 e. The predicted octanol–water partition coefficient (Wildman–Crippen LogP) is 19.9. The summed E-state index contributed by atoms with van der Waals surface area (Å²) in [7, 11) is 0. The molecule has 5 heterocycles. The Morgan fingerprint density at radius 2 is 0.907 bits per heavy atom. The minimum absolute atomic E-state index is 0.383. The molecule has 0 aliphatic heterocycles. The summed E-state index contributed by atoms with van der Waals surface area (Å²) in [5, 5.41) is 23.3. The van der Waals surface area contributed by atoms with Crippen LogP contribution in [0.1, 0.15) is 5.56 Å². The van der Waals surface area contributed by atoms with Crippen LogP contribution in [-0.2, 0) is 0 Å². The molecule has 0 unspecified atom stereocenters. The average molecular weight is 989 g/mol. The lowest BCUT2D eigenvalue weighted by Crippen LogP contribution is -2.08. The van der Waals surface area contributed by atoms with Crippen molar-refractivity contribution in [2.75, 3.05) is 0 Å². The summed E-state index contributed by atoms with van der Waals surface area (Å²) in [6.45, 7) is 9.72. The van der Waals surface area contributed by atoms with Crippen LogP contribution < -0.4 is 0 Å². The van der Waals surface area contributed by atoms with Gasteiger partial charge in [0.15, 0.2) is 5.58 Å². The summed E-state index contributed by atoms with van der Waals surface area (Å²) in [4.78, 5) is 4.75. The molecule has 16 rings (SSSR count). The Bertz CT molecular complexity index is 4990. The van der Waals surface area contributed by atoms with Crippen molar-refractivity contribution in [1.82, 2.24) is 9.13 Å². The van der Waals surface area contributed by atoms with Crippen LogP contribution in [0.25, 0.3) is 155 Å². The van der Waals surface area contributed by atoms with Crippen molar-refractivity contribution in [1.29, 1.82) is 5.26 Å². The van der Waals surface area contributed by atoms with Gasteiger partial charge in [-0.2, -0.15) is 5.26 Å². The Hall–Kier alpha value is -9.76. The Labute approximate surface area is 436 Å². The summed E-state index contributed by atoms with van der Waals surface area (Å²) in [5.41, 5.74) is 12.6. The van der Waals surface area contributed by atoms with Crippen molar-refractivity contribution in [3.63, 3.8) is 0 Å². The lowest BCUT2D eigenvalue weighted by atomic mass is 9.88. The van der Waals surface area contributed by atoms with Crippen molar-refractivity contribution >= 4 is 134 Å². The van der Waals surface area contributed by atoms with Crippen molar-refractivity contribution in [3.05, 3.63) is 235 Å². The van der Waals surface area contributed by atoms with E-state index in [2.05, 4.69) is 179 Å². The van der Waals surface area contributed by atoms with E-state index in [0.29, 0.717) is 16.9 Å². The molecular weight excluding hydrogens is 953 g/mol. The van der Waals surface area contributed by atoms with Crippen molar-refractivity contribution < 1.29 is 4.42 Å². The molecule has 0 radical (unpaired) electrons. The van der Waals surface area contributed by atoms with E-state index in [1.54, 1.807) is 22.7 Å². The maximum absolute atomic E-state index is 12.5. The van der Waals surface area contributed by atoms with Gasteiger partial charge >= 0.3 is 0 Å². The molecule has 16 aromatic rings.